The lowest BCUT2D eigenvalue weighted by Crippen LogP contribution is -2.03. The summed E-state index contributed by atoms with van der Waals surface area (Å²) in [6.07, 6.45) is 0. The Hall–Kier alpha value is -0.710. The van der Waals surface area contributed by atoms with Gasteiger partial charge in [0.25, 0.3) is 0 Å². The number of ether oxygens (including phenoxy) is 1. The maximum atomic E-state index is 6.08. The first kappa shape index (κ1) is 15.7. The van der Waals surface area contributed by atoms with Crippen LogP contribution in [0.2, 0.25) is 5.02 Å². The summed E-state index contributed by atoms with van der Waals surface area (Å²) in [6.45, 7) is 3.30. The highest BCUT2D eigenvalue weighted by Crippen LogP contribution is 2.27. The standard InChI is InChI=1S/C15H14Br2ClNO/c1-2-20-15-6-3-11(16)7-10(15)9-19-12-4-5-13(17)14(18)8-12/h3-8,19H,2,9H2,1H3. The van der Waals surface area contributed by atoms with Gasteiger partial charge in [-0.05, 0) is 59.3 Å². The van der Waals surface area contributed by atoms with Crippen molar-refractivity contribution in [2.45, 2.75) is 13.5 Å². The largest absolute Gasteiger partial charge is 0.494 e. The Bertz CT molecular complexity index is 604. The van der Waals surface area contributed by atoms with Crippen molar-refractivity contribution in [3.05, 3.63) is 55.9 Å². The molecule has 5 heteroatoms. The Labute approximate surface area is 140 Å². The quantitative estimate of drug-likeness (QED) is 0.654. The molecule has 0 bridgehead atoms. The predicted molar refractivity (Wildman–Crippen MR) is 91.8 cm³/mol. The van der Waals surface area contributed by atoms with Crippen LogP contribution < -0.4 is 10.1 Å². The molecule has 2 aromatic carbocycles. The molecule has 2 rings (SSSR count). The highest BCUT2D eigenvalue weighted by Gasteiger charge is 2.05. The predicted octanol–water partition coefficient (Wildman–Crippen LogP) is 5.88. The van der Waals surface area contributed by atoms with Gasteiger partial charge in [-0.3, -0.25) is 0 Å². The van der Waals surface area contributed by atoms with E-state index in [1.165, 1.54) is 0 Å². The van der Waals surface area contributed by atoms with E-state index in [0.717, 1.165) is 25.9 Å². The van der Waals surface area contributed by atoms with Crippen LogP contribution in [-0.2, 0) is 6.54 Å². The highest BCUT2D eigenvalue weighted by atomic mass is 79.9. The van der Waals surface area contributed by atoms with Crippen LogP contribution in [-0.4, -0.2) is 6.61 Å². The van der Waals surface area contributed by atoms with E-state index in [-0.39, 0.29) is 0 Å². The lowest BCUT2D eigenvalue weighted by Gasteiger charge is -2.13. The van der Waals surface area contributed by atoms with E-state index in [1.54, 1.807) is 0 Å². The molecule has 0 unspecified atom stereocenters. The van der Waals surface area contributed by atoms with Crippen molar-refractivity contribution in [3.63, 3.8) is 0 Å². The fraction of sp³-hybridized carbons (Fsp3) is 0.200. The van der Waals surface area contributed by atoms with Gasteiger partial charge in [0.1, 0.15) is 5.75 Å². The minimum atomic E-state index is 0.652. The van der Waals surface area contributed by atoms with E-state index in [0.29, 0.717) is 18.2 Å². The van der Waals surface area contributed by atoms with Gasteiger partial charge in [0.2, 0.25) is 0 Å². The number of halogens is 3. The summed E-state index contributed by atoms with van der Waals surface area (Å²) >= 11 is 12.9. The Morgan fingerprint density at radius 3 is 2.65 bits per heavy atom. The van der Waals surface area contributed by atoms with Crippen LogP contribution >= 0.6 is 43.5 Å². The fourth-order valence-corrected chi connectivity index (χ4v) is 2.62. The van der Waals surface area contributed by atoms with E-state index in [9.17, 15) is 0 Å². The van der Waals surface area contributed by atoms with E-state index >= 15 is 0 Å². The van der Waals surface area contributed by atoms with Gasteiger partial charge in [0.05, 0.1) is 11.6 Å². The van der Waals surface area contributed by atoms with E-state index in [4.69, 9.17) is 16.3 Å². The van der Waals surface area contributed by atoms with Crippen LogP contribution in [0.1, 0.15) is 12.5 Å². The lowest BCUT2D eigenvalue weighted by molar-refractivity contribution is 0.337. The van der Waals surface area contributed by atoms with Gasteiger partial charge >= 0.3 is 0 Å². The first-order chi connectivity index (χ1) is 9.60. The molecule has 20 heavy (non-hydrogen) atoms. The summed E-state index contributed by atoms with van der Waals surface area (Å²) in [5.74, 6) is 0.895. The summed E-state index contributed by atoms with van der Waals surface area (Å²) < 4.78 is 7.55. The van der Waals surface area contributed by atoms with Gasteiger partial charge in [-0.1, -0.05) is 27.5 Å². The Morgan fingerprint density at radius 2 is 1.95 bits per heavy atom. The van der Waals surface area contributed by atoms with Crippen LogP contribution in [0.4, 0.5) is 5.69 Å². The topological polar surface area (TPSA) is 21.3 Å². The number of rotatable bonds is 5. The van der Waals surface area contributed by atoms with Crippen LogP contribution in [0.3, 0.4) is 0 Å². The van der Waals surface area contributed by atoms with Gasteiger partial charge in [0.15, 0.2) is 0 Å². The minimum Gasteiger partial charge on any atom is -0.494 e. The zero-order valence-corrected chi connectivity index (χ0v) is 14.8. The molecule has 0 atom stereocenters. The normalized spacial score (nSPS) is 10.4. The number of nitrogens with one attached hydrogen (secondary N) is 1. The molecule has 0 saturated carbocycles. The average Bonchev–Trinajstić information content (AvgIpc) is 2.43. The highest BCUT2D eigenvalue weighted by molar-refractivity contribution is 9.10. The van der Waals surface area contributed by atoms with Crippen molar-refractivity contribution in [2.24, 2.45) is 0 Å². The van der Waals surface area contributed by atoms with Crippen LogP contribution in [0.15, 0.2) is 45.3 Å². The molecular weight excluding hydrogens is 405 g/mol. The second-order valence-electron chi connectivity index (χ2n) is 4.17. The van der Waals surface area contributed by atoms with Crippen molar-refractivity contribution in [3.8, 4) is 5.75 Å². The van der Waals surface area contributed by atoms with E-state index in [1.807, 2.05) is 37.3 Å². The minimum absolute atomic E-state index is 0.652. The first-order valence-electron chi connectivity index (χ1n) is 6.20. The molecule has 0 aliphatic heterocycles. The SMILES string of the molecule is CCOc1ccc(Br)cc1CNc1ccc(Br)c(Cl)c1. The van der Waals surface area contributed by atoms with Gasteiger partial charge in [-0.2, -0.15) is 0 Å². The van der Waals surface area contributed by atoms with Gasteiger partial charge in [-0.15, -0.1) is 0 Å². The molecule has 0 heterocycles. The van der Waals surface area contributed by atoms with Crippen molar-refractivity contribution >= 4 is 49.1 Å². The van der Waals surface area contributed by atoms with Crippen molar-refractivity contribution in [1.82, 2.24) is 0 Å². The molecule has 0 radical (unpaired) electrons. The Kier molecular flexibility index (Phi) is 5.75. The van der Waals surface area contributed by atoms with Gasteiger partial charge in [-0.25, -0.2) is 0 Å². The molecule has 0 spiro atoms. The zero-order valence-electron chi connectivity index (χ0n) is 10.9. The molecule has 2 aromatic rings. The smallest absolute Gasteiger partial charge is 0.124 e. The summed E-state index contributed by atoms with van der Waals surface area (Å²) in [5, 5.41) is 4.04. The van der Waals surface area contributed by atoms with Crippen LogP contribution in [0, 0.1) is 0 Å². The molecule has 2 nitrogen and oxygen atoms in total. The maximum Gasteiger partial charge on any atom is 0.124 e. The number of anilines is 1. The first-order valence-corrected chi connectivity index (χ1v) is 8.16. The third-order valence-corrected chi connectivity index (χ3v) is 4.45. The van der Waals surface area contributed by atoms with Crippen LogP contribution in [0.5, 0.6) is 5.75 Å². The van der Waals surface area contributed by atoms with E-state index < -0.39 is 0 Å². The summed E-state index contributed by atoms with van der Waals surface area (Å²) in [5.41, 5.74) is 2.07. The molecule has 1 N–H and O–H groups in total. The van der Waals surface area contributed by atoms with Crippen molar-refractivity contribution < 1.29 is 4.74 Å². The monoisotopic (exact) mass is 417 g/mol. The maximum absolute atomic E-state index is 6.08. The molecule has 0 aliphatic carbocycles. The van der Waals surface area contributed by atoms with Crippen LogP contribution in [0.25, 0.3) is 0 Å². The Balaban J connectivity index is 2.13. The molecule has 106 valence electrons. The summed E-state index contributed by atoms with van der Waals surface area (Å²) in [6, 6.07) is 11.8. The fourth-order valence-electron chi connectivity index (χ4n) is 1.79. The van der Waals surface area contributed by atoms with Gasteiger partial charge < -0.3 is 10.1 Å². The molecule has 0 fully saturated rings. The molecule has 0 aliphatic rings. The van der Waals surface area contributed by atoms with Crippen molar-refractivity contribution in [1.29, 1.82) is 0 Å². The molecule has 0 aromatic heterocycles. The zero-order chi connectivity index (χ0) is 14.5. The third-order valence-electron chi connectivity index (χ3n) is 2.72. The van der Waals surface area contributed by atoms with Gasteiger partial charge in [0, 0.05) is 26.7 Å². The average molecular weight is 420 g/mol. The number of hydrogen-bond donors (Lipinski definition) is 1. The summed E-state index contributed by atoms with van der Waals surface area (Å²) in [7, 11) is 0. The third kappa shape index (κ3) is 4.14. The number of benzene rings is 2. The van der Waals surface area contributed by atoms with E-state index in [2.05, 4.69) is 43.2 Å². The Morgan fingerprint density at radius 1 is 1.15 bits per heavy atom. The molecular formula is C15H14Br2ClNO. The number of hydrogen-bond acceptors (Lipinski definition) is 2. The molecule has 0 saturated heterocycles. The lowest BCUT2D eigenvalue weighted by atomic mass is 10.2. The summed E-state index contributed by atoms with van der Waals surface area (Å²) in [4.78, 5) is 0. The second-order valence-corrected chi connectivity index (χ2v) is 6.34. The second kappa shape index (κ2) is 7.34. The molecule has 0 amide bonds. The van der Waals surface area contributed by atoms with Crippen molar-refractivity contribution in [2.75, 3.05) is 11.9 Å².